The number of sulfonamides is 1. The van der Waals surface area contributed by atoms with Crippen LogP contribution in [0.4, 0.5) is 5.69 Å². The molecule has 0 spiro atoms. The van der Waals surface area contributed by atoms with E-state index < -0.39 is 10.0 Å². The lowest BCUT2D eigenvalue weighted by Crippen LogP contribution is -2.21. The summed E-state index contributed by atoms with van der Waals surface area (Å²) in [5.41, 5.74) is 1.42. The number of rotatable bonds is 7. The van der Waals surface area contributed by atoms with Crippen LogP contribution in [-0.2, 0) is 14.8 Å². The van der Waals surface area contributed by atoms with Gasteiger partial charge in [-0.25, -0.2) is 13.4 Å². The smallest absolute Gasteiger partial charge is 0.262 e. The van der Waals surface area contributed by atoms with Crippen molar-refractivity contribution in [3.8, 4) is 5.75 Å². The standard InChI is InChI=1S/C20H22N2O5S2/c1-25-18-8-3-2-7-16(18)22-29(23,24)15-9-10-19-17(12-15)21-20(27-19)28-13-14-6-4-5-11-26-14/h2-3,7-10,12,14,22H,4-6,11,13H2,1H3. The van der Waals surface area contributed by atoms with Crippen molar-refractivity contribution in [2.24, 2.45) is 0 Å². The minimum atomic E-state index is -3.80. The van der Waals surface area contributed by atoms with Crippen LogP contribution in [0.2, 0.25) is 0 Å². The topological polar surface area (TPSA) is 90.7 Å². The van der Waals surface area contributed by atoms with Crippen LogP contribution in [0.15, 0.2) is 57.0 Å². The molecule has 1 fully saturated rings. The maximum atomic E-state index is 12.8. The summed E-state index contributed by atoms with van der Waals surface area (Å²) in [4.78, 5) is 4.54. The van der Waals surface area contributed by atoms with Gasteiger partial charge in [0.1, 0.15) is 11.3 Å². The molecule has 0 radical (unpaired) electrons. The number of ether oxygens (including phenoxy) is 2. The molecule has 4 rings (SSSR count). The van der Waals surface area contributed by atoms with Gasteiger partial charge in [-0.05, 0) is 49.6 Å². The molecule has 7 nitrogen and oxygen atoms in total. The molecule has 1 saturated heterocycles. The highest BCUT2D eigenvalue weighted by Gasteiger charge is 2.19. The molecule has 1 N–H and O–H groups in total. The number of nitrogens with zero attached hydrogens (tertiary/aromatic N) is 1. The van der Waals surface area contributed by atoms with E-state index in [1.807, 2.05) is 0 Å². The first kappa shape index (κ1) is 20.1. The molecule has 9 heteroatoms. The second kappa shape index (κ2) is 8.64. The number of fused-ring (bicyclic) bond motifs is 1. The molecule has 1 aliphatic heterocycles. The molecule has 2 aromatic carbocycles. The highest BCUT2D eigenvalue weighted by atomic mass is 32.2. The molecule has 0 amide bonds. The third-order valence-corrected chi connectivity index (χ3v) is 6.99. The van der Waals surface area contributed by atoms with Gasteiger partial charge < -0.3 is 13.9 Å². The van der Waals surface area contributed by atoms with Gasteiger partial charge in [0.15, 0.2) is 5.58 Å². The summed E-state index contributed by atoms with van der Waals surface area (Å²) in [5.74, 6) is 1.22. The minimum absolute atomic E-state index is 0.108. The molecular weight excluding hydrogens is 412 g/mol. The lowest BCUT2D eigenvalue weighted by atomic mass is 10.1. The fraction of sp³-hybridized carbons (Fsp3) is 0.350. The summed E-state index contributed by atoms with van der Waals surface area (Å²) in [7, 11) is -2.30. The largest absolute Gasteiger partial charge is 0.495 e. The Balaban J connectivity index is 1.51. The zero-order valence-corrected chi connectivity index (χ0v) is 17.6. The van der Waals surface area contributed by atoms with E-state index in [1.54, 1.807) is 30.3 Å². The average molecular weight is 435 g/mol. The summed E-state index contributed by atoms with van der Waals surface area (Å²) in [6.45, 7) is 0.805. The Morgan fingerprint density at radius 3 is 2.90 bits per heavy atom. The van der Waals surface area contributed by atoms with Crippen molar-refractivity contribution in [1.29, 1.82) is 0 Å². The molecule has 1 aromatic heterocycles. The summed E-state index contributed by atoms with van der Waals surface area (Å²) < 4.78 is 44.8. The van der Waals surface area contributed by atoms with Crippen molar-refractivity contribution < 1.29 is 22.3 Å². The van der Waals surface area contributed by atoms with Gasteiger partial charge >= 0.3 is 0 Å². The van der Waals surface area contributed by atoms with Crippen LogP contribution in [0.3, 0.4) is 0 Å². The molecule has 29 heavy (non-hydrogen) atoms. The number of para-hydroxylation sites is 2. The number of aromatic nitrogens is 1. The van der Waals surface area contributed by atoms with Crippen molar-refractivity contribution in [2.75, 3.05) is 24.2 Å². The quantitative estimate of drug-likeness (QED) is 0.555. The summed E-state index contributed by atoms with van der Waals surface area (Å²) in [5, 5.41) is 0.515. The third-order valence-electron chi connectivity index (χ3n) is 4.67. The van der Waals surface area contributed by atoms with Crippen LogP contribution in [0.5, 0.6) is 5.75 Å². The van der Waals surface area contributed by atoms with Gasteiger partial charge in [-0.2, -0.15) is 0 Å². The van der Waals surface area contributed by atoms with E-state index in [-0.39, 0.29) is 11.0 Å². The number of oxazole rings is 1. The molecule has 1 aliphatic rings. The van der Waals surface area contributed by atoms with E-state index in [2.05, 4.69) is 9.71 Å². The Kier molecular flexibility index (Phi) is 5.98. The Morgan fingerprint density at radius 2 is 2.10 bits per heavy atom. The van der Waals surface area contributed by atoms with Crippen molar-refractivity contribution in [3.05, 3.63) is 42.5 Å². The molecule has 2 heterocycles. The summed E-state index contributed by atoms with van der Waals surface area (Å²) in [6, 6.07) is 11.5. The van der Waals surface area contributed by atoms with Crippen molar-refractivity contribution in [2.45, 2.75) is 35.5 Å². The van der Waals surface area contributed by atoms with Gasteiger partial charge in [0.2, 0.25) is 0 Å². The Bertz CT molecular complexity index is 1090. The Labute approximate surface area is 173 Å². The lowest BCUT2D eigenvalue weighted by molar-refractivity contribution is 0.0314. The van der Waals surface area contributed by atoms with Gasteiger partial charge in [-0.15, -0.1) is 0 Å². The van der Waals surface area contributed by atoms with Crippen molar-refractivity contribution in [3.63, 3.8) is 0 Å². The molecular formula is C20H22N2O5S2. The maximum Gasteiger partial charge on any atom is 0.262 e. The zero-order chi connectivity index (χ0) is 20.3. The highest BCUT2D eigenvalue weighted by molar-refractivity contribution is 7.99. The van der Waals surface area contributed by atoms with Gasteiger partial charge in [0, 0.05) is 12.4 Å². The number of hydrogen-bond donors (Lipinski definition) is 1. The molecule has 154 valence electrons. The van der Waals surface area contributed by atoms with E-state index in [4.69, 9.17) is 13.9 Å². The van der Waals surface area contributed by atoms with Crippen LogP contribution >= 0.6 is 11.8 Å². The summed E-state index contributed by atoms with van der Waals surface area (Å²) in [6.07, 6.45) is 3.55. The van der Waals surface area contributed by atoms with E-state index in [1.165, 1.54) is 37.4 Å². The van der Waals surface area contributed by atoms with E-state index >= 15 is 0 Å². The normalized spacial score (nSPS) is 17.3. The fourth-order valence-corrected chi connectivity index (χ4v) is 5.14. The average Bonchev–Trinajstić information content (AvgIpc) is 3.15. The monoisotopic (exact) mass is 434 g/mol. The van der Waals surface area contributed by atoms with Crippen molar-refractivity contribution >= 4 is 38.6 Å². The van der Waals surface area contributed by atoms with Crippen LogP contribution in [0, 0.1) is 0 Å². The molecule has 1 unspecified atom stereocenters. The summed E-state index contributed by atoms with van der Waals surface area (Å²) >= 11 is 1.49. The first-order chi connectivity index (χ1) is 14.0. The van der Waals surface area contributed by atoms with Gasteiger partial charge in [-0.1, -0.05) is 23.9 Å². The van der Waals surface area contributed by atoms with Gasteiger partial charge in [0.05, 0.1) is 23.8 Å². The molecule has 0 saturated carbocycles. The van der Waals surface area contributed by atoms with E-state index in [9.17, 15) is 8.42 Å². The molecule has 1 atom stereocenters. The fourth-order valence-electron chi connectivity index (χ4n) is 3.15. The van der Waals surface area contributed by atoms with Crippen LogP contribution in [-0.4, -0.2) is 39.0 Å². The van der Waals surface area contributed by atoms with Gasteiger partial charge in [-0.3, -0.25) is 4.72 Å². The van der Waals surface area contributed by atoms with E-state index in [0.29, 0.717) is 27.8 Å². The predicted molar refractivity (Wildman–Crippen MR) is 112 cm³/mol. The Hall–Kier alpha value is -2.23. The molecule has 0 bridgehead atoms. The predicted octanol–water partition coefficient (Wildman–Crippen LogP) is 4.30. The number of methoxy groups -OCH3 is 1. The number of benzene rings is 2. The number of anilines is 1. The molecule has 0 aliphatic carbocycles. The minimum Gasteiger partial charge on any atom is -0.495 e. The number of hydrogen-bond acceptors (Lipinski definition) is 7. The lowest BCUT2D eigenvalue weighted by Gasteiger charge is -2.21. The number of nitrogens with one attached hydrogen (secondary N) is 1. The first-order valence-electron chi connectivity index (χ1n) is 9.36. The van der Waals surface area contributed by atoms with Crippen LogP contribution in [0.1, 0.15) is 19.3 Å². The van der Waals surface area contributed by atoms with Gasteiger partial charge in [0.25, 0.3) is 15.2 Å². The zero-order valence-electron chi connectivity index (χ0n) is 16.0. The Morgan fingerprint density at radius 1 is 1.24 bits per heavy atom. The van der Waals surface area contributed by atoms with Crippen molar-refractivity contribution in [1.82, 2.24) is 4.98 Å². The van der Waals surface area contributed by atoms with E-state index in [0.717, 1.165) is 25.2 Å². The third kappa shape index (κ3) is 4.68. The second-order valence-corrected chi connectivity index (χ2v) is 9.37. The maximum absolute atomic E-state index is 12.8. The highest BCUT2D eigenvalue weighted by Crippen LogP contribution is 2.30. The second-order valence-electron chi connectivity index (χ2n) is 6.71. The van der Waals surface area contributed by atoms with Crippen LogP contribution < -0.4 is 9.46 Å². The van der Waals surface area contributed by atoms with Crippen LogP contribution in [0.25, 0.3) is 11.1 Å². The SMILES string of the molecule is COc1ccccc1NS(=O)(=O)c1ccc2oc(SCC3CCCCO3)nc2c1. The number of thioether (sulfide) groups is 1. The molecule has 3 aromatic rings. The first-order valence-corrected chi connectivity index (χ1v) is 11.8.